The first kappa shape index (κ1) is 12.7. The summed E-state index contributed by atoms with van der Waals surface area (Å²) >= 11 is 0. The van der Waals surface area contributed by atoms with Crippen molar-refractivity contribution in [2.45, 2.75) is 34.1 Å². The van der Waals surface area contributed by atoms with Crippen molar-refractivity contribution < 1.29 is 0 Å². The SMILES string of the molecule is CC.CCC=N/C(C)=C\C=N. The quantitative estimate of drug-likeness (QED) is 0.606. The molecule has 0 saturated heterocycles. The number of nitrogens with one attached hydrogen (secondary N) is 1. The van der Waals surface area contributed by atoms with E-state index < -0.39 is 0 Å². The van der Waals surface area contributed by atoms with Crippen molar-refractivity contribution >= 4 is 12.4 Å². The monoisotopic (exact) mass is 154 g/mol. The normalized spacial score (nSPS) is 10.7. The van der Waals surface area contributed by atoms with E-state index in [4.69, 9.17) is 5.41 Å². The molecular formula is C9H18N2. The first-order valence-electron chi connectivity index (χ1n) is 4.01. The van der Waals surface area contributed by atoms with Crippen LogP contribution in [0.15, 0.2) is 16.8 Å². The van der Waals surface area contributed by atoms with Gasteiger partial charge in [0.15, 0.2) is 0 Å². The molecule has 0 radical (unpaired) electrons. The Morgan fingerprint density at radius 1 is 1.45 bits per heavy atom. The second-order valence-corrected chi connectivity index (χ2v) is 1.69. The number of aliphatic imine (C=N–C) groups is 1. The molecule has 0 amide bonds. The van der Waals surface area contributed by atoms with Crippen LogP contribution in [0.25, 0.3) is 0 Å². The lowest BCUT2D eigenvalue weighted by molar-refractivity contribution is 1.26. The van der Waals surface area contributed by atoms with Gasteiger partial charge in [-0.15, -0.1) is 0 Å². The Hall–Kier alpha value is -0.920. The summed E-state index contributed by atoms with van der Waals surface area (Å²) in [6.45, 7) is 7.90. The van der Waals surface area contributed by atoms with Crippen LogP contribution in [0, 0.1) is 5.41 Å². The third-order valence-electron chi connectivity index (χ3n) is 0.802. The fourth-order valence-corrected chi connectivity index (χ4v) is 0.399. The van der Waals surface area contributed by atoms with Gasteiger partial charge in [-0.2, -0.15) is 0 Å². The summed E-state index contributed by atoms with van der Waals surface area (Å²) in [7, 11) is 0. The summed E-state index contributed by atoms with van der Waals surface area (Å²) in [5, 5.41) is 6.69. The minimum Gasteiger partial charge on any atom is -0.309 e. The number of allylic oxidation sites excluding steroid dienone is 2. The maximum atomic E-state index is 6.69. The highest BCUT2D eigenvalue weighted by Gasteiger charge is 1.75. The van der Waals surface area contributed by atoms with Crippen LogP contribution in [0.4, 0.5) is 0 Å². The van der Waals surface area contributed by atoms with Crippen molar-refractivity contribution in [3.8, 4) is 0 Å². The molecule has 1 N–H and O–H groups in total. The highest BCUT2D eigenvalue weighted by atomic mass is 14.7. The van der Waals surface area contributed by atoms with Gasteiger partial charge < -0.3 is 5.41 Å². The Labute approximate surface area is 69.6 Å². The van der Waals surface area contributed by atoms with Crippen LogP contribution >= 0.6 is 0 Å². The molecule has 0 aromatic carbocycles. The Bertz CT molecular complexity index is 134. The summed E-state index contributed by atoms with van der Waals surface area (Å²) in [5.74, 6) is 0. The van der Waals surface area contributed by atoms with E-state index in [1.165, 1.54) is 6.21 Å². The first-order chi connectivity index (χ1) is 5.31. The van der Waals surface area contributed by atoms with E-state index in [2.05, 4.69) is 4.99 Å². The standard InChI is InChI=1S/C7H12N2.C2H6/c1-3-6-9-7(2)4-5-8;1-2/h4-6,8H,3H2,1-2H3;1-2H3/b7-4-,8-5?,9-6?;. The van der Waals surface area contributed by atoms with Gasteiger partial charge in [0, 0.05) is 18.1 Å². The predicted octanol–water partition coefficient (Wildman–Crippen LogP) is 3.05. The molecule has 0 fully saturated rings. The maximum Gasteiger partial charge on any atom is 0.0383 e. The lowest BCUT2D eigenvalue weighted by atomic mass is 10.4. The minimum absolute atomic E-state index is 0.881. The summed E-state index contributed by atoms with van der Waals surface area (Å²) in [4.78, 5) is 4.02. The summed E-state index contributed by atoms with van der Waals surface area (Å²) < 4.78 is 0. The number of hydrogen-bond acceptors (Lipinski definition) is 2. The highest BCUT2D eigenvalue weighted by molar-refractivity contribution is 5.69. The summed E-state index contributed by atoms with van der Waals surface area (Å²) in [6.07, 6.45) is 5.67. The molecule has 0 spiro atoms. The third kappa shape index (κ3) is 12.3. The van der Waals surface area contributed by atoms with Crippen LogP contribution in [0.2, 0.25) is 0 Å². The first-order valence-corrected chi connectivity index (χ1v) is 4.01. The van der Waals surface area contributed by atoms with Crippen LogP contribution in [0.5, 0.6) is 0 Å². The van der Waals surface area contributed by atoms with Gasteiger partial charge >= 0.3 is 0 Å². The van der Waals surface area contributed by atoms with Gasteiger partial charge in [0.25, 0.3) is 0 Å². The van der Waals surface area contributed by atoms with Gasteiger partial charge in [-0.1, -0.05) is 20.8 Å². The molecule has 0 unspecified atom stereocenters. The summed E-state index contributed by atoms with van der Waals surface area (Å²) in [5.41, 5.74) is 0.881. The maximum absolute atomic E-state index is 6.69. The van der Waals surface area contributed by atoms with Crippen LogP contribution in [0.1, 0.15) is 34.1 Å². The second-order valence-electron chi connectivity index (χ2n) is 1.69. The van der Waals surface area contributed by atoms with E-state index in [9.17, 15) is 0 Å². The zero-order valence-electron chi connectivity index (χ0n) is 7.89. The van der Waals surface area contributed by atoms with E-state index in [-0.39, 0.29) is 0 Å². The predicted molar refractivity (Wildman–Crippen MR) is 52.7 cm³/mol. The van der Waals surface area contributed by atoms with Gasteiger partial charge in [-0.05, 0) is 19.4 Å². The fraction of sp³-hybridized carbons (Fsp3) is 0.556. The third-order valence-corrected chi connectivity index (χ3v) is 0.802. The van der Waals surface area contributed by atoms with Gasteiger partial charge in [0.2, 0.25) is 0 Å². The largest absolute Gasteiger partial charge is 0.309 e. The Morgan fingerprint density at radius 3 is 2.36 bits per heavy atom. The van der Waals surface area contributed by atoms with Crippen molar-refractivity contribution in [2.75, 3.05) is 0 Å². The Kier molecular flexibility index (Phi) is 13.7. The van der Waals surface area contributed by atoms with Crippen molar-refractivity contribution in [3.63, 3.8) is 0 Å². The number of rotatable bonds is 3. The molecule has 0 aliphatic rings. The fourth-order valence-electron chi connectivity index (χ4n) is 0.399. The molecule has 0 atom stereocenters. The topological polar surface area (TPSA) is 36.2 Å². The van der Waals surface area contributed by atoms with Gasteiger partial charge in [0.1, 0.15) is 0 Å². The molecule has 0 rings (SSSR count). The average molecular weight is 154 g/mol. The molecular weight excluding hydrogens is 136 g/mol. The Morgan fingerprint density at radius 2 is 2.00 bits per heavy atom. The molecule has 0 aromatic rings. The van der Waals surface area contributed by atoms with Gasteiger partial charge in [0.05, 0.1) is 0 Å². The van der Waals surface area contributed by atoms with E-state index in [0.29, 0.717) is 0 Å². The lowest BCUT2D eigenvalue weighted by Gasteiger charge is -1.84. The molecule has 0 saturated carbocycles. The zero-order chi connectivity index (χ0) is 9.11. The smallest absolute Gasteiger partial charge is 0.0383 e. The van der Waals surface area contributed by atoms with E-state index in [1.54, 1.807) is 6.08 Å². The zero-order valence-corrected chi connectivity index (χ0v) is 7.89. The molecule has 2 nitrogen and oxygen atoms in total. The molecule has 0 bridgehead atoms. The van der Waals surface area contributed by atoms with Crippen LogP contribution in [-0.2, 0) is 0 Å². The van der Waals surface area contributed by atoms with Crippen molar-refractivity contribution in [3.05, 3.63) is 11.8 Å². The average Bonchev–Trinajstić information content (AvgIpc) is 2.05. The van der Waals surface area contributed by atoms with Crippen molar-refractivity contribution in [1.29, 1.82) is 5.41 Å². The van der Waals surface area contributed by atoms with Crippen LogP contribution in [-0.4, -0.2) is 12.4 Å². The minimum atomic E-state index is 0.881. The molecule has 11 heavy (non-hydrogen) atoms. The second kappa shape index (κ2) is 11.8. The molecule has 64 valence electrons. The molecule has 0 aromatic heterocycles. The molecule has 0 heterocycles. The van der Waals surface area contributed by atoms with E-state index in [0.717, 1.165) is 12.1 Å². The van der Waals surface area contributed by atoms with Crippen LogP contribution < -0.4 is 0 Å². The van der Waals surface area contributed by atoms with E-state index >= 15 is 0 Å². The lowest BCUT2D eigenvalue weighted by Crippen LogP contribution is -1.72. The van der Waals surface area contributed by atoms with Crippen molar-refractivity contribution in [1.82, 2.24) is 0 Å². The molecule has 0 aliphatic heterocycles. The van der Waals surface area contributed by atoms with E-state index in [1.807, 2.05) is 33.9 Å². The van der Waals surface area contributed by atoms with Crippen LogP contribution in [0.3, 0.4) is 0 Å². The highest BCUT2D eigenvalue weighted by Crippen LogP contribution is 1.90. The summed E-state index contributed by atoms with van der Waals surface area (Å²) in [6, 6.07) is 0. The number of nitrogens with zero attached hydrogens (tertiary/aromatic N) is 1. The van der Waals surface area contributed by atoms with Crippen molar-refractivity contribution in [2.24, 2.45) is 4.99 Å². The molecule has 0 aliphatic carbocycles. The van der Waals surface area contributed by atoms with Gasteiger partial charge in [-0.25, -0.2) is 0 Å². The Balaban J connectivity index is 0. The van der Waals surface area contributed by atoms with Gasteiger partial charge in [-0.3, -0.25) is 4.99 Å². The molecule has 2 heteroatoms. The number of hydrogen-bond donors (Lipinski definition) is 1.